The molecule has 0 radical (unpaired) electrons. The molecular formula is C20H16N6. The van der Waals surface area contributed by atoms with Crippen molar-refractivity contribution in [1.82, 2.24) is 18.8 Å². The van der Waals surface area contributed by atoms with E-state index in [1.807, 2.05) is 76.1 Å². The zero-order valence-corrected chi connectivity index (χ0v) is 13.9. The average molecular weight is 340 g/mol. The molecule has 0 aliphatic rings. The van der Waals surface area contributed by atoms with Gasteiger partial charge in [-0.05, 0) is 30.3 Å². The van der Waals surface area contributed by atoms with Gasteiger partial charge in [-0.2, -0.15) is 0 Å². The lowest BCUT2D eigenvalue weighted by Gasteiger charge is -2.00. The Bertz CT molecular complexity index is 1170. The Balaban J connectivity index is 1.60. The standard InChI is InChI=1S/C20H16N6/c21-15-4-6-19-23-17(11-25(19)9-15)13-2-1-3-14(8-13)18-12-26-10-16(22)5-7-20(26)24-18/h1-12H,21-22H2. The number of imidazole rings is 2. The van der Waals surface area contributed by atoms with E-state index in [4.69, 9.17) is 11.5 Å². The topological polar surface area (TPSA) is 86.6 Å². The lowest BCUT2D eigenvalue weighted by molar-refractivity contribution is 1.19. The highest BCUT2D eigenvalue weighted by atomic mass is 15.0. The van der Waals surface area contributed by atoms with E-state index in [1.54, 1.807) is 0 Å². The smallest absolute Gasteiger partial charge is 0.137 e. The first kappa shape index (κ1) is 14.5. The number of rotatable bonds is 2. The highest BCUT2D eigenvalue weighted by Crippen LogP contribution is 2.26. The number of fused-ring (bicyclic) bond motifs is 2. The molecule has 0 spiro atoms. The molecule has 0 saturated carbocycles. The molecule has 5 rings (SSSR count). The maximum atomic E-state index is 5.85. The van der Waals surface area contributed by atoms with Gasteiger partial charge < -0.3 is 20.3 Å². The molecule has 6 heteroatoms. The van der Waals surface area contributed by atoms with E-state index >= 15 is 0 Å². The van der Waals surface area contributed by atoms with Gasteiger partial charge in [0.2, 0.25) is 0 Å². The minimum Gasteiger partial charge on any atom is -0.398 e. The third-order valence-electron chi connectivity index (χ3n) is 4.40. The first-order chi connectivity index (χ1) is 12.7. The Morgan fingerprint density at radius 3 is 1.62 bits per heavy atom. The van der Waals surface area contributed by atoms with Crippen molar-refractivity contribution in [3.05, 3.63) is 73.3 Å². The molecule has 0 saturated heterocycles. The monoisotopic (exact) mass is 340 g/mol. The number of nitrogen functional groups attached to an aromatic ring is 2. The van der Waals surface area contributed by atoms with E-state index < -0.39 is 0 Å². The summed E-state index contributed by atoms with van der Waals surface area (Å²) in [5.74, 6) is 0. The second-order valence-corrected chi connectivity index (χ2v) is 6.29. The number of aromatic nitrogens is 4. The minimum absolute atomic E-state index is 0.708. The van der Waals surface area contributed by atoms with E-state index in [2.05, 4.69) is 16.0 Å². The van der Waals surface area contributed by atoms with Crippen LogP contribution in [-0.2, 0) is 0 Å². The lowest BCUT2D eigenvalue weighted by atomic mass is 10.1. The summed E-state index contributed by atoms with van der Waals surface area (Å²) in [7, 11) is 0. The lowest BCUT2D eigenvalue weighted by Crippen LogP contribution is -1.88. The average Bonchev–Trinajstić information content (AvgIpc) is 3.25. The molecule has 0 bridgehead atoms. The Hall–Kier alpha value is -3.80. The Morgan fingerprint density at radius 1 is 0.615 bits per heavy atom. The predicted molar refractivity (Wildman–Crippen MR) is 104 cm³/mol. The number of nitrogens with two attached hydrogens (primary N) is 2. The summed E-state index contributed by atoms with van der Waals surface area (Å²) in [6, 6.07) is 15.7. The molecule has 0 aliphatic heterocycles. The third-order valence-corrected chi connectivity index (χ3v) is 4.40. The van der Waals surface area contributed by atoms with Crippen LogP contribution in [0.25, 0.3) is 33.8 Å². The van der Waals surface area contributed by atoms with E-state index in [9.17, 15) is 0 Å². The number of anilines is 2. The van der Waals surface area contributed by atoms with Crippen LogP contribution in [0.2, 0.25) is 0 Å². The van der Waals surface area contributed by atoms with Crippen LogP contribution in [0.5, 0.6) is 0 Å². The summed E-state index contributed by atoms with van der Waals surface area (Å²) in [5, 5.41) is 0. The maximum Gasteiger partial charge on any atom is 0.137 e. The van der Waals surface area contributed by atoms with Crippen molar-refractivity contribution in [2.45, 2.75) is 0 Å². The van der Waals surface area contributed by atoms with Gasteiger partial charge in [-0.15, -0.1) is 0 Å². The first-order valence-corrected chi connectivity index (χ1v) is 8.25. The van der Waals surface area contributed by atoms with Crippen LogP contribution < -0.4 is 11.5 Å². The zero-order chi connectivity index (χ0) is 17.7. The highest BCUT2D eigenvalue weighted by molar-refractivity contribution is 5.72. The molecule has 6 nitrogen and oxygen atoms in total. The second-order valence-electron chi connectivity index (χ2n) is 6.29. The fourth-order valence-electron chi connectivity index (χ4n) is 3.13. The zero-order valence-electron chi connectivity index (χ0n) is 13.9. The minimum atomic E-state index is 0.708. The molecule has 4 aromatic heterocycles. The summed E-state index contributed by atoms with van der Waals surface area (Å²) < 4.78 is 3.87. The molecule has 0 aliphatic carbocycles. The summed E-state index contributed by atoms with van der Waals surface area (Å²) in [6.07, 6.45) is 7.69. The normalized spacial score (nSPS) is 11.4. The summed E-state index contributed by atoms with van der Waals surface area (Å²) >= 11 is 0. The van der Waals surface area contributed by atoms with Crippen molar-refractivity contribution < 1.29 is 0 Å². The van der Waals surface area contributed by atoms with Crippen LogP contribution in [0.1, 0.15) is 0 Å². The number of hydrogen-bond donors (Lipinski definition) is 2. The molecular weight excluding hydrogens is 324 g/mol. The molecule has 26 heavy (non-hydrogen) atoms. The molecule has 0 unspecified atom stereocenters. The molecule has 4 heterocycles. The van der Waals surface area contributed by atoms with Crippen molar-refractivity contribution in [2.75, 3.05) is 11.5 Å². The van der Waals surface area contributed by atoms with Crippen LogP contribution in [-0.4, -0.2) is 18.8 Å². The number of benzene rings is 1. The molecule has 1 aromatic carbocycles. The van der Waals surface area contributed by atoms with Gasteiger partial charge in [0.25, 0.3) is 0 Å². The van der Waals surface area contributed by atoms with E-state index in [0.717, 1.165) is 33.8 Å². The Labute approximate surface area is 149 Å². The van der Waals surface area contributed by atoms with Crippen molar-refractivity contribution in [2.24, 2.45) is 0 Å². The number of hydrogen-bond acceptors (Lipinski definition) is 4. The second kappa shape index (κ2) is 5.35. The van der Waals surface area contributed by atoms with Gasteiger partial charge >= 0.3 is 0 Å². The maximum absolute atomic E-state index is 5.85. The van der Waals surface area contributed by atoms with Crippen LogP contribution in [0.3, 0.4) is 0 Å². The van der Waals surface area contributed by atoms with Gasteiger partial charge in [0.05, 0.1) is 11.4 Å². The fourth-order valence-corrected chi connectivity index (χ4v) is 3.13. The molecule has 4 N–H and O–H groups in total. The van der Waals surface area contributed by atoms with Crippen LogP contribution in [0.15, 0.2) is 73.3 Å². The summed E-state index contributed by atoms with van der Waals surface area (Å²) in [4.78, 5) is 9.36. The van der Waals surface area contributed by atoms with Gasteiger partial charge in [-0.25, -0.2) is 9.97 Å². The summed E-state index contributed by atoms with van der Waals surface area (Å²) in [6.45, 7) is 0. The van der Waals surface area contributed by atoms with Gasteiger partial charge in [-0.1, -0.05) is 18.2 Å². The SMILES string of the molecule is Nc1ccc2nc(-c3cccc(-c4cn5cc(N)ccc5n4)c3)cn2c1. The first-order valence-electron chi connectivity index (χ1n) is 8.25. The van der Waals surface area contributed by atoms with Gasteiger partial charge in [0.15, 0.2) is 0 Å². The largest absolute Gasteiger partial charge is 0.398 e. The molecule has 0 atom stereocenters. The Kier molecular flexibility index (Phi) is 2.99. The van der Waals surface area contributed by atoms with Crippen molar-refractivity contribution in [3.63, 3.8) is 0 Å². The molecule has 5 aromatic rings. The third kappa shape index (κ3) is 2.36. The van der Waals surface area contributed by atoms with Crippen LogP contribution >= 0.6 is 0 Å². The van der Waals surface area contributed by atoms with Gasteiger partial charge in [0.1, 0.15) is 11.3 Å². The summed E-state index contributed by atoms with van der Waals surface area (Å²) in [5.41, 5.74) is 18.7. The number of pyridine rings is 2. The number of nitrogens with zero attached hydrogens (tertiary/aromatic N) is 4. The van der Waals surface area contributed by atoms with Crippen molar-refractivity contribution >= 4 is 22.7 Å². The van der Waals surface area contributed by atoms with Crippen molar-refractivity contribution in [1.29, 1.82) is 0 Å². The van der Waals surface area contributed by atoms with E-state index in [-0.39, 0.29) is 0 Å². The highest BCUT2D eigenvalue weighted by Gasteiger charge is 2.09. The molecule has 0 fully saturated rings. The predicted octanol–water partition coefficient (Wildman–Crippen LogP) is 3.48. The van der Waals surface area contributed by atoms with Crippen molar-refractivity contribution in [3.8, 4) is 22.5 Å². The van der Waals surface area contributed by atoms with Gasteiger partial charge in [0, 0.05) is 47.3 Å². The van der Waals surface area contributed by atoms with E-state index in [1.165, 1.54) is 0 Å². The quantitative estimate of drug-likeness (QED) is 0.515. The Morgan fingerprint density at radius 2 is 1.12 bits per heavy atom. The fraction of sp³-hybridized carbons (Fsp3) is 0. The molecule has 126 valence electrons. The van der Waals surface area contributed by atoms with Gasteiger partial charge in [-0.3, -0.25) is 0 Å². The molecule has 0 amide bonds. The van der Waals surface area contributed by atoms with Crippen LogP contribution in [0, 0.1) is 0 Å². The van der Waals surface area contributed by atoms with Crippen LogP contribution in [0.4, 0.5) is 11.4 Å². The van der Waals surface area contributed by atoms with E-state index in [0.29, 0.717) is 11.4 Å².